The van der Waals surface area contributed by atoms with Crippen molar-refractivity contribution in [1.29, 1.82) is 0 Å². The first kappa shape index (κ1) is 12.9. The number of nitrogens with one attached hydrogen (secondary N) is 1. The Labute approximate surface area is 119 Å². The fourth-order valence-electron chi connectivity index (χ4n) is 2.08. The number of nitro benzene ring substituents is 1. The molecule has 0 aliphatic heterocycles. The van der Waals surface area contributed by atoms with Gasteiger partial charge in [-0.1, -0.05) is 12.1 Å². The van der Waals surface area contributed by atoms with Crippen molar-refractivity contribution in [3.8, 4) is 0 Å². The summed E-state index contributed by atoms with van der Waals surface area (Å²) in [5.74, 6) is 0. The Bertz CT molecular complexity index is 792. The average molecular weight is 281 g/mol. The lowest BCUT2D eigenvalue weighted by Gasteiger charge is -2.08. The molecule has 0 spiro atoms. The highest BCUT2D eigenvalue weighted by atomic mass is 16.6. The van der Waals surface area contributed by atoms with E-state index in [4.69, 9.17) is 0 Å². The van der Waals surface area contributed by atoms with Crippen molar-refractivity contribution in [3.05, 3.63) is 64.6 Å². The smallest absolute Gasteiger partial charge is 0.295 e. The predicted octanol–water partition coefficient (Wildman–Crippen LogP) is 2.55. The zero-order valence-electron chi connectivity index (χ0n) is 10.9. The quantitative estimate of drug-likeness (QED) is 0.583. The van der Waals surface area contributed by atoms with Crippen molar-refractivity contribution in [3.63, 3.8) is 0 Å². The number of fused-ring (bicyclic) bond motifs is 1. The fraction of sp³-hybridized carbons (Fsp3) is 0.0714. The second-order valence-corrected chi connectivity index (χ2v) is 4.36. The van der Waals surface area contributed by atoms with Gasteiger partial charge in [-0.15, -0.1) is 0 Å². The number of nitro groups is 1. The van der Waals surface area contributed by atoms with Crippen LogP contribution in [-0.2, 0) is 6.54 Å². The lowest BCUT2D eigenvalue weighted by Crippen LogP contribution is -2.03. The van der Waals surface area contributed by atoms with Gasteiger partial charge < -0.3 is 5.32 Å². The summed E-state index contributed by atoms with van der Waals surface area (Å²) in [6.45, 7) is 0.482. The van der Waals surface area contributed by atoms with Crippen molar-refractivity contribution >= 4 is 22.3 Å². The highest BCUT2D eigenvalue weighted by molar-refractivity contribution is 5.96. The van der Waals surface area contributed by atoms with Gasteiger partial charge in [0.15, 0.2) is 0 Å². The topological polar surface area (TPSA) is 93.8 Å². The standard InChI is InChI=1S/C14H11N5O2/c20-19(21)13-5-1-4-11-12(6-8-15-14(11)13)16-9-10-3-2-7-17-18-10/h1-8H,9H2,(H,15,16). The van der Waals surface area contributed by atoms with Gasteiger partial charge in [0.2, 0.25) is 0 Å². The van der Waals surface area contributed by atoms with E-state index >= 15 is 0 Å². The van der Waals surface area contributed by atoms with E-state index in [1.807, 2.05) is 6.07 Å². The average Bonchev–Trinajstić information content (AvgIpc) is 2.53. The Morgan fingerprint density at radius 1 is 1.14 bits per heavy atom. The molecule has 0 aliphatic rings. The maximum atomic E-state index is 11.0. The molecule has 0 radical (unpaired) electrons. The number of nitrogens with zero attached hydrogens (tertiary/aromatic N) is 4. The number of anilines is 1. The summed E-state index contributed by atoms with van der Waals surface area (Å²) in [6.07, 6.45) is 3.16. The van der Waals surface area contributed by atoms with Gasteiger partial charge in [0.05, 0.1) is 17.2 Å². The molecule has 0 aliphatic carbocycles. The van der Waals surface area contributed by atoms with E-state index in [1.54, 1.807) is 36.7 Å². The molecular formula is C14H11N5O2. The number of rotatable bonds is 4. The molecule has 0 bridgehead atoms. The molecule has 3 aromatic rings. The number of hydrogen-bond donors (Lipinski definition) is 1. The second-order valence-electron chi connectivity index (χ2n) is 4.36. The molecule has 104 valence electrons. The van der Waals surface area contributed by atoms with Gasteiger partial charge in [-0.05, 0) is 18.2 Å². The Morgan fingerprint density at radius 2 is 2.05 bits per heavy atom. The van der Waals surface area contributed by atoms with Crippen LogP contribution in [0.2, 0.25) is 0 Å². The van der Waals surface area contributed by atoms with Crippen LogP contribution >= 0.6 is 0 Å². The van der Waals surface area contributed by atoms with Crippen molar-refractivity contribution in [2.45, 2.75) is 6.54 Å². The van der Waals surface area contributed by atoms with Crippen LogP contribution in [0.15, 0.2) is 48.8 Å². The first-order chi connectivity index (χ1) is 10.3. The van der Waals surface area contributed by atoms with Gasteiger partial charge in [0.1, 0.15) is 5.52 Å². The third kappa shape index (κ3) is 2.62. The summed E-state index contributed by atoms with van der Waals surface area (Å²) in [5, 5.41) is 22.7. The van der Waals surface area contributed by atoms with Crippen LogP contribution in [0.1, 0.15) is 5.69 Å². The van der Waals surface area contributed by atoms with Crippen molar-refractivity contribution in [1.82, 2.24) is 15.2 Å². The summed E-state index contributed by atoms with van der Waals surface area (Å²) in [6, 6.07) is 10.3. The first-order valence-electron chi connectivity index (χ1n) is 6.28. The van der Waals surface area contributed by atoms with Gasteiger partial charge in [-0.2, -0.15) is 10.2 Å². The molecule has 0 unspecified atom stereocenters. The number of para-hydroxylation sites is 1. The molecule has 7 nitrogen and oxygen atoms in total. The van der Waals surface area contributed by atoms with Crippen LogP contribution in [0.25, 0.3) is 10.9 Å². The van der Waals surface area contributed by atoms with Crippen molar-refractivity contribution < 1.29 is 4.92 Å². The van der Waals surface area contributed by atoms with Gasteiger partial charge in [-0.3, -0.25) is 10.1 Å². The van der Waals surface area contributed by atoms with Crippen molar-refractivity contribution in [2.75, 3.05) is 5.32 Å². The Morgan fingerprint density at radius 3 is 2.81 bits per heavy atom. The number of aromatic nitrogens is 3. The third-order valence-electron chi connectivity index (χ3n) is 3.03. The summed E-state index contributed by atoms with van der Waals surface area (Å²) >= 11 is 0. The van der Waals surface area contributed by atoms with E-state index in [2.05, 4.69) is 20.5 Å². The van der Waals surface area contributed by atoms with E-state index < -0.39 is 4.92 Å². The van der Waals surface area contributed by atoms with Gasteiger partial charge in [-0.25, -0.2) is 4.98 Å². The summed E-state index contributed by atoms with van der Waals surface area (Å²) in [5.41, 5.74) is 1.92. The Hall–Kier alpha value is -3.09. The lowest BCUT2D eigenvalue weighted by molar-refractivity contribution is -0.383. The minimum Gasteiger partial charge on any atom is -0.379 e. The minimum atomic E-state index is -0.429. The summed E-state index contributed by atoms with van der Waals surface area (Å²) in [7, 11) is 0. The second kappa shape index (κ2) is 5.49. The number of pyridine rings is 1. The molecule has 3 rings (SSSR count). The van der Waals surface area contributed by atoms with E-state index in [0.29, 0.717) is 17.4 Å². The van der Waals surface area contributed by atoms with Gasteiger partial charge in [0.25, 0.3) is 5.69 Å². The predicted molar refractivity (Wildman–Crippen MR) is 77.8 cm³/mol. The maximum Gasteiger partial charge on any atom is 0.295 e. The molecule has 21 heavy (non-hydrogen) atoms. The number of non-ortho nitro benzene ring substituents is 1. The largest absolute Gasteiger partial charge is 0.379 e. The summed E-state index contributed by atoms with van der Waals surface area (Å²) in [4.78, 5) is 14.7. The molecule has 1 N–H and O–H groups in total. The molecule has 0 amide bonds. The maximum absolute atomic E-state index is 11.0. The van der Waals surface area contributed by atoms with Crippen LogP contribution < -0.4 is 5.32 Å². The van der Waals surface area contributed by atoms with Crippen LogP contribution in [0.5, 0.6) is 0 Å². The van der Waals surface area contributed by atoms with E-state index in [1.165, 1.54) is 6.07 Å². The fourth-order valence-corrected chi connectivity index (χ4v) is 2.08. The highest BCUT2D eigenvalue weighted by Crippen LogP contribution is 2.28. The van der Waals surface area contributed by atoms with Crippen LogP contribution in [0.4, 0.5) is 11.4 Å². The van der Waals surface area contributed by atoms with Gasteiger partial charge >= 0.3 is 0 Å². The van der Waals surface area contributed by atoms with E-state index in [0.717, 1.165) is 11.4 Å². The normalized spacial score (nSPS) is 10.5. The minimum absolute atomic E-state index is 0.00403. The summed E-state index contributed by atoms with van der Waals surface area (Å²) < 4.78 is 0. The zero-order chi connectivity index (χ0) is 14.7. The monoisotopic (exact) mass is 281 g/mol. The molecule has 7 heteroatoms. The molecule has 0 saturated heterocycles. The third-order valence-corrected chi connectivity index (χ3v) is 3.03. The van der Waals surface area contributed by atoms with Crippen LogP contribution in [-0.4, -0.2) is 20.1 Å². The van der Waals surface area contributed by atoms with E-state index in [9.17, 15) is 10.1 Å². The van der Waals surface area contributed by atoms with Crippen molar-refractivity contribution in [2.24, 2.45) is 0 Å². The molecular weight excluding hydrogens is 270 g/mol. The molecule has 0 atom stereocenters. The molecule has 0 saturated carbocycles. The molecule has 0 fully saturated rings. The van der Waals surface area contributed by atoms with E-state index in [-0.39, 0.29) is 5.69 Å². The molecule has 1 aromatic carbocycles. The van der Waals surface area contributed by atoms with Crippen LogP contribution in [0.3, 0.4) is 0 Å². The number of benzene rings is 1. The molecule has 2 heterocycles. The highest BCUT2D eigenvalue weighted by Gasteiger charge is 2.14. The SMILES string of the molecule is O=[N+]([O-])c1cccc2c(NCc3cccnn3)ccnc12. The van der Waals surface area contributed by atoms with Crippen LogP contribution in [0, 0.1) is 10.1 Å². The Balaban J connectivity index is 1.96. The number of hydrogen-bond acceptors (Lipinski definition) is 6. The first-order valence-corrected chi connectivity index (χ1v) is 6.28. The zero-order valence-corrected chi connectivity index (χ0v) is 10.9. The Kier molecular flexibility index (Phi) is 3.38. The lowest BCUT2D eigenvalue weighted by atomic mass is 10.1. The molecule has 2 aromatic heterocycles. The van der Waals surface area contributed by atoms with Gasteiger partial charge in [0, 0.05) is 29.5 Å².